The number of nitrogens with zero attached hydrogens (tertiary/aromatic N) is 2. The number of nitrogens with one attached hydrogen (secondary N) is 3. The van der Waals surface area contributed by atoms with Gasteiger partial charge in [0.15, 0.2) is 23.9 Å². The molecule has 1 aliphatic heterocycles. The number of aromatic nitrogens is 2. The first-order chi connectivity index (χ1) is 15.9. The first-order valence-electron chi connectivity index (χ1n) is 10.6. The lowest BCUT2D eigenvalue weighted by molar-refractivity contribution is -0.153. The van der Waals surface area contributed by atoms with Crippen LogP contribution in [-0.4, -0.2) is 48.9 Å². The predicted molar refractivity (Wildman–Crippen MR) is 115 cm³/mol. The van der Waals surface area contributed by atoms with Gasteiger partial charge in [-0.2, -0.15) is 13.2 Å². The third-order valence-corrected chi connectivity index (χ3v) is 5.20. The molecule has 1 amide bonds. The first kappa shape index (κ1) is 23.0. The molecule has 2 aliphatic rings. The Morgan fingerprint density at radius 2 is 2.12 bits per heavy atom. The Labute approximate surface area is 188 Å². The number of benzene rings is 1. The smallest absolute Gasteiger partial charge is 0.422 e. The maximum atomic E-state index is 13.0. The van der Waals surface area contributed by atoms with Crippen molar-refractivity contribution < 1.29 is 27.4 Å². The number of ether oxygens (including phenoxy) is 2. The molecule has 1 aromatic heterocycles. The number of anilines is 2. The molecule has 4 rings (SSSR count). The summed E-state index contributed by atoms with van der Waals surface area (Å²) >= 11 is 0. The maximum absolute atomic E-state index is 13.0. The Bertz CT molecular complexity index is 1050. The average Bonchev–Trinajstić information content (AvgIpc) is 3.64. The molecule has 2 aromatic rings. The van der Waals surface area contributed by atoms with Crippen LogP contribution in [0.2, 0.25) is 0 Å². The number of amides is 1. The minimum atomic E-state index is -4.52. The molecule has 0 bridgehead atoms. The van der Waals surface area contributed by atoms with Gasteiger partial charge in [-0.05, 0) is 30.9 Å². The van der Waals surface area contributed by atoms with E-state index in [0.717, 1.165) is 18.4 Å². The van der Waals surface area contributed by atoms with Crippen LogP contribution in [0.4, 0.5) is 24.7 Å². The molecular weight excluding hydrogens is 439 g/mol. The number of rotatable bonds is 8. The number of para-hydroxylation sites is 1. The number of hydrogen-bond acceptors (Lipinski definition) is 7. The molecular formula is C22H24F3N5O3. The second-order valence-electron chi connectivity index (χ2n) is 7.74. The van der Waals surface area contributed by atoms with Crippen LogP contribution >= 0.6 is 0 Å². The van der Waals surface area contributed by atoms with Gasteiger partial charge in [0.2, 0.25) is 0 Å². The molecule has 176 valence electrons. The third-order valence-electron chi connectivity index (χ3n) is 5.20. The predicted octanol–water partition coefficient (Wildman–Crippen LogP) is 3.71. The van der Waals surface area contributed by atoms with E-state index in [1.807, 2.05) is 6.08 Å². The first-order valence-corrected chi connectivity index (χ1v) is 10.6. The molecule has 3 N–H and O–H groups in total. The van der Waals surface area contributed by atoms with E-state index >= 15 is 0 Å². The quantitative estimate of drug-likeness (QED) is 0.514. The van der Waals surface area contributed by atoms with Gasteiger partial charge in [0.1, 0.15) is 0 Å². The summed E-state index contributed by atoms with van der Waals surface area (Å²) in [7, 11) is 1.54. The van der Waals surface area contributed by atoms with Gasteiger partial charge in [0.05, 0.1) is 30.8 Å². The van der Waals surface area contributed by atoms with Crippen molar-refractivity contribution in [3.8, 4) is 5.75 Å². The van der Waals surface area contributed by atoms with Crippen molar-refractivity contribution in [3.63, 3.8) is 0 Å². The summed E-state index contributed by atoms with van der Waals surface area (Å²) < 4.78 is 49.5. The zero-order valence-electron chi connectivity index (χ0n) is 18.0. The summed E-state index contributed by atoms with van der Waals surface area (Å²) in [5.74, 6) is -0.115. The highest BCUT2D eigenvalue weighted by Gasteiger charge is 2.31. The van der Waals surface area contributed by atoms with Crippen molar-refractivity contribution >= 4 is 23.0 Å². The minimum absolute atomic E-state index is 0.0241. The number of hydrogen-bond donors (Lipinski definition) is 3. The molecule has 33 heavy (non-hydrogen) atoms. The monoisotopic (exact) mass is 463 g/mol. The fourth-order valence-electron chi connectivity index (χ4n) is 3.50. The van der Waals surface area contributed by atoms with Crippen molar-refractivity contribution in [2.75, 3.05) is 32.2 Å². The van der Waals surface area contributed by atoms with E-state index in [4.69, 9.17) is 9.47 Å². The largest absolute Gasteiger partial charge is 0.481 e. The molecule has 1 saturated carbocycles. The molecule has 8 nitrogen and oxygen atoms in total. The van der Waals surface area contributed by atoms with Gasteiger partial charge in [0, 0.05) is 18.5 Å². The molecule has 0 saturated heterocycles. The third kappa shape index (κ3) is 5.79. The number of carbonyl (C=O) groups is 1. The van der Waals surface area contributed by atoms with Crippen LogP contribution in [0.15, 0.2) is 30.5 Å². The number of halogens is 3. The summed E-state index contributed by atoms with van der Waals surface area (Å²) in [4.78, 5) is 21.4. The number of hydrazine groups is 1. The van der Waals surface area contributed by atoms with E-state index in [1.54, 1.807) is 24.4 Å². The van der Waals surface area contributed by atoms with Gasteiger partial charge < -0.3 is 14.8 Å². The van der Waals surface area contributed by atoms with Crippen molar-refractivity contribution in [2.45, 2.75) is 31.4 Å². The van der Waals surface area contributed by atoms with Gasteiger partial charge in [-0.15, -0.1) is 0 Å². The number of carbonyl (C=O) groups excluding carboxylic acids is 1. The highest BCUT2D eigenvalue weighted by atomic mass is 19.4. The molecule has 1 fully saturated rings. The maximum Gasteiger partial charge on any atom is 0.422 e. The van der Waals surface area contributed by atoms with Crippen molar-refractivity contribution in [3.05, 3.63) is 47.4 Å². The minimum Gasteiger partial charge on any atom is -0.481 e. The Morgan fingerprint density at radius 3 is 2.79 bits per heavy atom. The van der Waals surface area contributed by atoms with Crippen LogP contribution in [0.3, 0.4) is 0 Å². The van der Waals surface area contributed by atoms with E-state index in [9.17, 15) is 18.0 Å². The zero-order chi connectivity index (χ0) is 23.4. The summed E-state index contributed by atoms with van der Waals surface area (Å²) in [6.45, 7) is -0.624. The van der Waals surface area contributed by atoms with E-state index in [2.05, 4.69) is 26.1 Å². The highest BCUT2D eigenvalue weighted by Crippen LogP contribution is 2.40. The van der Waals surface area contributed by atoms with Gasteiger partial charge in [-0.3, -0.25) is 10.2 Å². The summed E-state index contributed by atoms with van der Waals surface area (Å²) in [5.41, 5.74) is 7.35. The van der Waals surface area contributed by atoms with Crippen LogP contribution in [-0.2, 0) is 4.74 Å². The van der Waals surface area contributed by atoms with Crippen LogP contribution in [0, 0.1) is 0 Å². The Balaban J connectivity index is 1.72. The van der Waals surface area contributed by atoms with Crippen LogP contribution in [0.1, 0.15) is 46.9 Å². The van der Waals surface area contributed by atoms with Gasteiger partial charge >= 0.3 is 6.18 Å². The van der Waals surface area contributed by atoms with Gasteiger partial charge in [-0.25, -0.2) is 15.4 Å². The van der Waals surface area contributed by atoms with E-state index < -0.39 is 18.7 Å². The Hall–Kier alpha value is -3.18. The lowest BCUT2D eigenvalue weighted by atomic mass is 9.99. The second kappa shape index (κ2) is 9.75. The fraction of sp³-hybridized carbons (Fsp3) is 0.409. The van der Waals surface area contributed by atoms with Crippen LogP contribution in [0.25, 0.3) is 5.57 Å². The standard InChI is InChI=1S/C22H24F3N5O3/c1-26-30-21(31)18-20(27-11-17(28-18)14-5-6-14)29-16-4-2-3-15(13-7-9-32-10-8-13)19(16)33-12-22(23,24)25/h2-4,7,11,14,26H,5-6,8-10,12H2,1H3,(H,27,29)(H,30,31). The average molecular weight is 463 g/mol. The normalized spacial score (nSPS) is 16.2. The van der Waals surface area contributed by atoms with Gasteiger partial charge in [0.25, 0.3) is 5.91 Å². The SMILES string of the molecule is CNNC(=O)c1nc(C2CC2)cnc1Nc1cccc(C2=CCOCC2)c1OCC(F)(F)F. The van der Waals surface area contributed by atoms with Crippen molar-refractivity contribution in [2.24, 2.45) is 0 Å². The topological polar surface area (TPSA) is 97.4 Å². The molecule has 0 spiro atoms. The van der Waals surface area contributed by atoms with E-state index in [-0.39, 0.29) is 28.9 Å². The van der Waals surface area contributed by atoms with E-state index in [0.29, 0.717) is 30.9 Å². The summed E-state index contributed by atoms with van der Waals surface area (Å²) in [5, 5.41) is 2.97. The lowest BCUT2D eigenvalue weighted by Gasteiger charge is -2.21. The molecule has 0 radical (unpaired) electrons. The van der Waals surface area contributed by atoms with Crippen molar-refractivity contribution in [1.82, 2.24) is 20.8 Å². The van der Waals surface area contributed by atoms with Crippen LogP contribution < -0.4 is 20.9 Å². The molecule has 0 atom stereocenters. The lowest BCUT2D eigenvalue weighted by Crippen LogP contribution is -2.35. The zero-order valence-corrected chi connectivity index (χ0v) is 18.0. The summed E-state index contributed by atoms with van der Waals surface area (Å²) in [6, 6.07) is 4.98. The molecule has 11 heteroatoms. The highest BCUT2D eigenvalue weighted by molar-refractivity contribution is 5.97. The van der Waals surface area contributed by atoms with Gasteiger partial charge in [-0.1, -0.05) is 18.2 Å². The molecule has 2 heterocycles. The Morgan fingerprint density at radius 1 is 1.30 bits per heavy atom. The Kier molecular flexibility index (Phi) is 6.80. The van der Waals surface area contributed by atoms with Crippen LogP contribution in [0.5, 0.6) is 5.75 Å². The molecule has 0 unspecified atom stereocenters. The second-order valence-corrected chi connectivity index (χ2v) is 7.74. The van der Waals surface area contributed by atoms with Crippen molar-refractivity contribution in [1.29, 1.82) is 0 Å². The summed E-state index contributed by atoms with van der Waals surface area (Å²) in [6.07, 6.45) is 1.38. The fourth-order valence-corrected chi connectivity index (χ4v) is 3.50. The van der Waals surface area contributed by atoms with E-state index in [1.165, 1.54) is 7.05 Å². The molecule has 1 aromatic carbocycles. The number of alkyl halides is 3. The molecule has 1 aliphatic carbocycles.